The molecule has 0 aliphatic heterocycles. The lowest BCUT2D eigenvalue weighted by Crippen LogP contribution is -2.71. The minimum atomic E-state index is -1.08. The normalized spacial score (nSPS) is 41.7. The second kappa shape index (κ2) is 7.88. The molecule has 172 valence electrons. The molecule has 6 heteroatoms. The van der Waals surface area contributed by atoms with Gasteiger partial charge >= 0.3 is 11.9 Å². The third-order valence-corrected chi connectivity index (χ3v) is 8.45. The molecule has 31 heavy (non-hydrogen) atoms. The highest BCUT2D eigenvalue weighted by Gasteiger charge is 2.77. The molecule has 0 aromatic carbocycles. The van der Waals surface area contributed by atoms with Crippen LogP contribution in [0, 0.1) is 34.5 Å². The van der Waals surface area contributed by atoms with E-state index in [-0.39, 0.29) is 29.5 Å². The highest BCUT2D eigenvalue weighted by molar-refractivity contribution is 5.89. The zero-order chi connectivity index (χ0) is 23.5. The zero-order valence-electron chi connectivity index (χ0n) is 19.9. The Labute approximate surface area is 185 Å². The summed E-state index contributed by atoms with van der Waals surface area (Å²) in [6, 6.07) is 0. The van der Waals surface area contributed by atoms with Gasteiger partial charge in [0.2, 0.25) is 0 Å². The number of rotatable bonds is 4. The number of carbonyl (C=O) groups is 3. The summed E-state index contributed by atoms with van der Waals surface area (Å²) in [5.41, 5.74) is -0.556. The number of hydrogen-bond donors (Lipinski definition) is 1. The summed E-state index contributed by atoms with van der Waals surface area (Å²) in [6.45, 7) is 14.7. The van der Waals surface area contributed by atoms with Crippen LogP contribution in [0.5, 0.6) is 0 Å². The maximum Gasteiger partial charge on any atom is 0.333 e. The summed E-state index contributed by atoms with van der Waals surface area (Å²) in [6.07, 6.45) is 0.728. The first kappa shape index (κ1) is 23.7. The smallest absolute Gasteiger partial charge is 0.333 e. The van der Waals surface area contributed by atoms with Crippen LogP contribution in [0.1, 0.15) is 61.8 Å². The molecule has 4 saturated carbocycles. The molecule has 0 unspecified atom stereocenters. The third kappa shape index (κ3) is 3.29. The Hall–Kier alpha value is -1.95. The van der Waals surface area contributed by atoms with Crippen LogP contribution in [0.3, 0.4) is 0 Å². The van der Waals surface area contributed by atoms with Gasteiger partial charge < -0.3 is 14.6 Å². The van der Waals surface area contributed by atoms with Crippen LogP contribution in [0.2, 0.25) is 0 Å². The average Bonchev–Trinajstić information content (AvgIpc) is 2.78. The van der Waals surface area contributed by atoms with Crippen molar-refractivity contribution in [2.24, 2.45) is 34.5 Å². The number of aliphatic hydroxyl groups excluding tert-OH is 1. The fraction of sp³-hybridized carbons (Fsp3) is 0.720. The van der Waals surface area contributed by atoms with Gasteiger partial charge in [-0.2, -0.15) is 0 Å². The lowest BCUT2D eigenvalue weighted by atomic mass is 9.35. The SMILES string of the molecule is C/C=C(/C)C(=O)O[C@H]1[C@@H](O)C(C)(C)[C@H]2[C@@H]3[C@@H](C)CC(=O)[C@H]2[C@]3(C)[C@@H]1OC(=O)/C(C)=C\C. The van der Waals surface area contributed by atoms with Crippen LogP contribution in [-0.4, -0.2) is 41.1 Å². The molecular formula is C25H36O6. The quantitative estimate of drug-likeness (QED) is 0.539. The van der Waals surface area contributed by atoms with Gasteiger partial charge in [0.05, 0.1) is 0 Å². The molecule has 0 radical (unpaired) electrons. The minimum Gasteiger partial charge on any atom is -0.454 e. The predicted octanol–water partition coefficient (Wildman–Crippen LogP) is 3.62. The molecule has 4 bridgehead atoms. The van der Waals surface area contributed by atoms with Crippen molar-refractivity contribution < 1.29 is 29.0 Å². The van der Waals surface area contributed by atoms with E-state index in [0.29, 0.717) is 17.6 Å². The Bertz CT molecular complexity index is 852. The van der Waals surface area contributed by atoms with E-state index in [2.05, 4.69) is 6.92 Å². The number of allylic oxidation sites excluding steroid dienone is 2. The van der Waals surface area contributed by atoms with Gasteiger partial charge in [-0.25, -0.2) is 9.59 Å². The van der Waals surface area contributed by atoms with E-state index in [0.717, 1.165) is 0 Å². The molecule has 8 atom stereocenters. The van der Waals surface area contributed by atoms with Gasteiger partial charge in [-0.15, -0.1) is 0 Å². The van der Waals surface area contributed by atoms with E-state index in [1.807, 2.05) is 20.8 Å². The summed E-state index contributed by atoms with van der Waals surface area (Å²) < 4.78 is 11.8. The Morgan fingerprint density at radius 3 is 2.00 bits per heavy atom. The number of ketones is 1. The van der Waals surface area contributed by atoms with Crippen molar-refractivity contribution >= 4 is 17.7 Å². The van der Waals surface area contributed by atoms with Gasteiger partial charge in [0, 0.05) is 28.9 Å². The molecule has 0 heterocycles. The topological polar surface area (TPSA) is 89.9 Å². The predicted molar refractivity (Wildman–Crippen MR) is 116 cm³/mol. The Morgan fingerprint density at radius 1 is 1.00 bits per heavy atom. The number of carbonyl (C=O) groups excluding carboxylic acids is 3. The maximum atomic E-state index is 13.2. The van der Waals surface area contributed by atoms with Crippen molar-refractivity contribution in [1.29, 1.82) is 0 Å². The maximum absolute atomic E-state index is 13.2. The van der Waals surface area contributed by atoms with E-state index < -0.39 is 41.1 Å². The average molecular weight is 433 g/mol. The standard InChI is InChI=1S/C25H36O6/c1-9-12(3)22(28)30-19-20(27)24(6,7)18-16-14(5)11-15(26)17(18)25(16,8)21(19)31-23(29)13(4)10-2/h9-10,14,16-21,27H,11H2,1-8H3/b12-9-,13-10-/t14-,16-,17+,18-,19-,20+,21+,25+/m0/s1. The van der Waals surface area contributed by atoms with Crippen LogP contribution < -0.4 is 0 Å². The summed E-state index contributed by atoms with van der Waals surface area (Å²) in [4.78, 5) is 38.7. The second-order valence-corrected chi connectivity index (χ2v) is 10.4. The zero-order valence-corrected chi connectivity index (χ0v) is 19.9. The van der Waals surface area contributed by atoms with Crippen LogP contribution in [0.15, 0.2) is 23.3 Å². The van der Waals surface area contributed by atoms with E-state index >= 15 is 0 Å². The van der Waals surface area contributed by atoms with Crippen LogP contribution >= 0.6 is 0 Å². The Kier molecular flexibility index (Phi) is 6.02. The molecule has 4 aliphatic rings. The Balaban J connectivity index is 2.15. The molecule has 1 N–H and O–H groups in total. The fourth-order valence-corrected chi connectivity index (χ4v) is 6.54. The molecule has 0 saturated heterocycles. The van der Waals surface area contributed by atoms with Crippen LogP contribution in [-0.2, 0) is 23.9 Å². The van der Waals surface area contributed by atoms with Crippen LogP contribution in [0.25, 0.3) is 0 Å². The van der Waals surface area contributed by atoms with Gasteiger partial charge in [0.15, 0.2) is 6.10 Å². The summed E-state index contributed by atoms with van der Waals surface area (Å²) >= 11 is 0. The van der Waals surface area contributed by atoms with E-state index in [1.54, 1.807) is 39.8 Å². The van der Waals surface area contributed by atoms with Gasteiger partial charge in [-0.1, -0.05) is 39.8 Å². The molecule has 0 spiro atoms. The molecular weight excluding hydrogens is 396 g/mol. The van der Waals surface area contributed by atoms with Crippen LogP contribution in [0.4, 0.5) is 0 Å². The van der Waals surface area contributed by atoms with E-state index in [9.17, 15) is 19.5 Å². The van der Waals surface area contributed by atoms with Gasteiger partial charge in [0.1, 0.15) is 18.0 Å². The van der Waals surface area contributed by atoms with Crippen molar-refractivity contribution in [2.45, 2.75) is 80.1 Å². The summed E-state index contributed by atoms with van der Waals surface area (Å²) in [5, 5.41) is 11.5. The first-order chi connectivity index (χ1) is 14.3. The molecule has 4 aliphatic carbocycles. The van der Waals surface area contributed by atoms with Gasteiger partial charge in [-0.05, 0) is 50.9 Å². The van der Waals surface area contributed by atoms with Gasteiger partial charge in [0.25, 0.3) is 0 Å². The number of fused-ring (bicyclic) bond motifs is 3. The van der Waals surface area contributed by atoms with Crippen molar-refractivity contribution in [1.82, 2.24) is 0 Å². The summed E-state index contributed by atoms with van der Waals surface area (Å²) in [7, 11) is 0. The largest absolute Gasteiger partial charge is 0.454 e. The first-order valence-electron chi connectivity index (χ1n) is 11.2. The first-order valence-corrected chi connectivity index (χ1v) is 11.2. The number of ether oxygens (including phenoxy) is 2. The number of aliphatic hydroxyl groups is 1. The number of Topliss-reactive ketones (excluding diaryl/α,β-unsaturated/α-hetero) is 1. The van der Waals surface area contributed by atoms with E-state index in [1.165, 1.54) is 0 Å². The van der Waals surface area contributed by atoms with Crippen molar-refractivity contribution in [3.8, 4) is 0 Å². The highest BCUT2D eigenvalue weighted by Crippen LogP contribution is 2.73. The lowest BCUT2D eigenvalue weighted by molar-refractivity contribution is -0.242. The highest BCUT2D eigenvalue weighted by atomic mass is 16.6. The third-order valence-electron chi connectivity index (χ3n) is 8.45. The van der Waals surface area contributed by atoms with Crippen molar-refractivity contribution in [2.75, 3.05) is 0 Å². The molecule has 0 aromatic rings. The molecule has 6 nitrogen and oxygen atoms in total. The fourth-order valence-electron chi connectivity index (χ4n) is 6.54. The van der Waals surface area contributed by atoms with Gasteiger partial charge in [-0.3, -0.25) is 4.79 Å². The molecule has 4 rings (SSSR count). The van der Waals surface area contributed by atoms with E-state index in [4.69, 9.17) is 9.47 Å². The Morgan fingerprint density at radius 2 is 1.52 bits per heavy atom. The number of esters is 2. The molecule has 0 amide bonds. The monoisotopic (exact) mass is 432 g/mol. The minimum absolute atomic E-state index is 0.0562. The van der Waals surface area contributed by atoms with Crippen molar-refractivity contribution in [3.05, 3.63) is 23.3 Å². The summed E-state index contributed by atoms with van der Waals surface area (Å²) in [5.74, 6) is -1.16. The second-order valence-electron chi connectivity index (χ2n) is 10.4. The lowest BCUT2D eigenvalue weighted by Gasteiger charge is -2.68. The van der Waals surface area contributed by atoms with Crippen molar-refractivity contribution in [3.63, 3.8) is 0 Å². The molecule has 4 fully saturated rings. The molecule has 0 aromatic heterocycles. The number of hydrogen-bond acceptors (Lipinski definition) is 6.